The van der Waals surface area contributed by atoms with Gasteiger partial charge in [0, 0.05) is 5.75 Å². The second-order valence-corrected chi connectivity index (χ2v) is 4.39. The Bertz CT molecular complexity index is 283. The van der Waals surface area contributed by atoms with Crippen molar-refractivity contribution in [3.63, 3.8) is 0 Å². The summed E-state index contributed by atoms with van der Waals surface area (Å²) >= 11 is 1.03. The van der Waals surface area contributed by atoms with Gasteiger partial charge in [-0.1, -0.05) is 17.8 Å². The molecule has 2 aliphatic rings. The molecule has 0 amide bonds. The highest BCUT2D eigenvalue weighted by atomic mass is 32.2. The molecule has 4 heteroatoms. The predicted octanol–water partition coefficient (Wildman–Crippen LogP) is 1.38. The van der Waals surface area contributed by atoms with Crippen LogP contribution in [0.4, 0.5) is 4.39 Å². The normalized spacial score (nSPS) is 31.8. The van der Waals surface area contributed by atoms with Crippen LogP contribution in [0.5, 0.6) is 0 Å². The third-order valence-electron chi connectivity index (χ3n) is 2.31. The number of aliphatic hydroxyl groups is 2. The molecule has 2 N–H and O–H groups in total. The largest absolute Gasteiger partial charge is 0.357 e. The van der Waals surface area contributed by atoms with Gasteiger partial charge in [-0.25, -0.2) is 4.39 Å². The molecule has 1 radical (unpaired) electrons. The smallest absolute Gasteiger partial charge is 0.221 e. The molecule has 0 spiro atoms. The SMILES string of the molecule is OC1(O)SCC1C1=CC[CH]C=C1F. The molecule has 2 rings (SSSR count). The van der Waals surface area contributed by atoms with Crippen LogP contribution in [0.2, 0.25) is 0 Å². The zero-order valence-electron chi connectivity index (χ0n) is 6.90. The summed E-state index contributed by atoms with van der Waals surface area (Å²) in [5.74, 6) is -0.244. The molecule has 1 heterocycles. The van der Waals surface area contributed by atoms with Gasteiger partial charge in [0.25, 0.3) is 0 Å². The summed E-state index contributed by atoms with van der Waals surface area (Å²) in [6.45, 7) is 0. The standard InChI is InChI=1S/C9H10FO2S/c10-8-4-2-1-3-6(8)7-5-13-9(7,11)12/h2-4,7,11-12H,1,5H2. The fourth-order valence-electron chi connectivity index (χ4n) is 1.48. The lowest BCUT2D eigenvalue weighted by molar-refractivity contribution is -0.117. The summed E-state index contributed by atoms with van der Waals surface area (Å²) in [4.78, 5) is 0. The molecule has 71 valence electrons. The van der Waals surface area contributed by atoms with E-state index in [1.165, 1.54) is 6.08 Å². The van der Waals surface area contributed by atoms with Crippen molar-refractivity contribution in [1.29, 1.82) is 0 Å². The zero-order valence-corrected chi connectivity index (χ0v) is 7.72. The Morgan fingerprint density at radius 1 is 1.54 bits per heavy atom. The highest BCUT2D eigenvalue weighted by molar-refractivity contribution is 8.01. The van der Waals surface area contributed by atoms with Crippen LogP contribution >= 0.6 is 11.8 Å². The number of thioether (sulfide) groups is 1. The number of hydrogen-bond donors (Lipinski definition) is 2. The Labute approximate surface area is 80.1 Å². The van der Waals surface area contributed by atoms with Gasteiger partial charge in [-0.15, -0.1) is 0 Å². The van der Waals surface area contributed by atoms with Gasteiger partial charge >= 0.3 is 0 Å². The minimum Gasteiger partial charge on any atom is -0.357 e. The van der Waals surface area contributed by atoms with E-state index in [4.69, 9.17) is 0 Å². The highest BCUT2D eigenvalue weighted by Gasteiger charge is 2.47. The van der Waals surface area contributed by atoms with Crippen molar-refractivity contribution >= 4 is 11.8 Å². The molecule has 1 aliphatic heterocycles. The predicted molar refractivity (Wildman–Crippen MR) is 49.3 cm³/mol. The van der Waals surface area contributed by atoms with Gasteiger partial charge in [0.1, 0.15) is 5.83 Å². The lowest BCUT2D eigenvalue weighted by Gasteiger charge is -2.41. The van der Waals surface area contributed by atoms with Gasteiger partial charge < -0.3 is 10.2 Å². The zero-order chi connectivity index (χ0) is 9.47. The van der Waals surface area contributed by atoms with Crippen molar-refractivity contribution in [1.82, 2.24) is 0 Å². The number of rotatable bonds is 1. The summed E-state index contributed by atoms with van der Waals surface area (Å²) in [6.07, 6.45) is 5.47. The molecule has 1 aliphatic carbocycles. The van der Waals surface area contributed by atoms with Crippen LogP contribution in [-0.2, 0) is 0 Å². The minimum atomic E-state index is -1.77. The van der Waals surface area contributed by atoms with E-state index in [2.05, 4.69) is 0 Å². The van der Waals surface area contributed by atoms with E-state index in [-0.39, 0.29) is 5.83 Å². The van der Waals surface area contributed by atoms with Crippen LogP contribution < -0.4 is 0 Å². The first-order valence-electron chi connectivity index (χ1n) is 4.09. The summed E-state index contributed by atoms with van der Waals surface area (Å²) in [5, 5.41) is 16.9. The Morgan fingerprint density at radius 2 is 2.31 bits per heavy atom. The fraction of sp³-hybridized carbons (Fsp3) is 0.444. The van der Waals surface area contributed by atoms with Gasteiger partial charge in [0.2, 0.25) is 5.12 Å². The quantitative estimate of drug-likeness (QED) is 0.630. The maximum Gasteiger partial charge on any atom is 0.221 e. The lowest BCUT2D eigenvalue weighted by atomic mass is 9.93. The van der Waals surface area contributed by atoms with Gasteiger partial charge in [-0.3, -0.25) is 0 Å². The molecule has 0 bridgehead atoms. The fourth-order valence-corrected chi connectivity index (χ4v) is 2.42. The summed E-state index contributed by atoms with van der Waals surface area (Å²) < 4.78 is 13.2. The minimum absolute atomic E-state index is 0.343. The molecule has 1 unspecified atom stereocenters. The van der Waals surface area contributed by atoms with Gasteiger partial charge in [-0.05, 0) is 24.5 Å². The second-order valence-electron chi connectivity index (χ2n) is 3.17. The molecule has 0 saturated carbocycles. The molecular formula is C9H10FO2S. The van der Waals surface area contributed by atoms with Crippen LogP contribution in [0.15, 0.2) is 23.6 Å². The number of hydrogen-bond acceptors (Lipinski definition) is 3. The van der Waals surface area contributed by atoms with E-state index in [1.807, 2.05) is 0 Å². The first-order valence-corrected chi connectivity index (χ1v) is 5.08. The number of halogens is 1. The molecule has 2 nitrogen and oxygen atoms in total. The van der Waals surface area contributed by atoms with Crippen molar-refractivity contribution in [2.24, 2.45) is 5.92 Å². The maximum absolute atomic E-state index is 13.2. The van der Waals surface area contributed by atoms with Crippen molar-refractivity contribution < 1.29 is 14.6 Å². The summed E-state index contributed by atoms with van der Waals surface area (Å²) in [7, 11) is 0. The molecule has 1 fully saturated rings. The third kappa shape index (κ3) is 1.54. The van der Waals surface area contributed by atoms with Crippen molar-refractivity contribution in [2.75, 3.05) is 5.75 Å². The van der Waals surface area contributed by atoms with E-state index in [9.17, 15) is 14.6 Å². The van der Waals surface area contributed by atoms with Gasteiger partial charge in [0.05, 0.1) is 5.92 Å². The van der Waals surface area contributed by atoms with Crippen molar-refractivity contribution in [3.8, 4) is 0 Å². The molecule has 0 aromatic rings. The third-order valence-corrected chi connectivity index (χ3v) is 3.51. The van der Waals surface area contributed by atoms with Crippen LogP contribution in [0, 0.1) is 12.3 Å². The average molecular weight is 201 g/mol. The first kappa shape index (κ1) is 9.24. The lowest BCUT2D eigenvalue weighted by Crippen LogP contribution is -2.46. The Morgan fingerprint density at radius 3 is 2.77 bits per heavy atom. The van der Waals surface area contributed by atoms with Crippen LogP contribution in [0.25, 0.3) is 0 Å². The topological polar surface area (TPSA) is 40.5 Å². The van der Waals surface area contributed by atoms with Gasteiger partial charge in [0.15, 0.2) is 0 Å². The van der Waals surface area contributed by atoms with Crippen LogP contribution in [0.1, 0.15) is 6.42 Å². The molecule has 13 heavy (non-hydrogen) atoms. The van der Waals surface area contributed by atoms with E-state index < -0.39 is 11.0 Å². The van der Waals surface area contributed by atoms with E-state index >= 15 is 0 Å². The average Bonchev–Trinajstić information content (AvgIpc) is 2.07. The molecule has 0 aromatic heterocycles. The van der Waals surface area contributed by atoms with E-state index in [0.29, 0.717) is 17.7 Å². The number of allylic oxidation sites excluding steroid dienone is 3. The van der Waals surface area contributed by atoms with Crippen molar-refractivity contribution in [2.45, 2.75) is 11.5 Å². The molecule has 1 saturated heterocycles. The van der Waals surface area contributed by atoms with E-state index in [1.54, 1.807) is 12.5 Å². The van der Waals surface area contributed by atoms with Gasteiger partial charge in [-0.2, -0.15) is 0 Å². The second kappa shape index (κ2) is 3.12. The highest BCUT2D eigenvalue weighted by Crippen LogP contribution is 2.48. The van der Waals surface area contributed by atoms with E-state index in [0.717, 1.165) is 11.8 Å². The Kier molecular flexibility index (Phi) is 2.21. The van der Waals surface area contributed by atoms with Crippen LogP contribution in [-0.4, -0.2) is 21.1 Å². The molecule has 1 atom stereocenters. The van der Waals surface area contributed by atoms with Crippen molar-refractivity contribution in [3.05, 3.63) is 30.0 Å². The monoisotopic (exact) mass is 201 g/mol. The molecular weight excluding hydrogens is 191 g/mol. The first-order chi connectivity index (χ1) is 6.11. The summed E-state index contributed by atoms with van der Waals surface area (Å²) in [5.41, 5.74) is 0.436. The Hall–Kier alpha value is -0.320. The maximum atomic E-state index is 13.2. The Balaban J connectivity index is 2.17. The van der Waals surface area contributed by atoms with Crippen LogP contribution in [0.3, 0.4) is 0 Å². The molecule has 0 aromatic carbocycles. The summed E-state index contributed by atoms with van der Waals surface area (Å²) in [6, 6.07) is 0.